The molecule has 1 amide bonds. The topological polar surface area (TPSA) is 88.8 Å². The number of nitriles is 1. The number of piperazine rings is 1. The number of rotatable bonds is 9. The minimum atomic E-state index is -0.541. The van der Waals surface area contributed by atoms with Crippen molar-refractivity contribution in [3.05, 3.63) is 30.3 Å². The average Bonchev–Trinajstić information content (AvgIpc) is 2.63. The van der Waals surface area contributed by atoms with Gasteiger partial charge in [-0.05, 0) is 12.1 Å². The fourth-order valence-electron chi connectivity index (χ4n) is 2.71. The zero-order chi connectivity index (χ0) is 17.9. The second-order valence-corrected chi connectivity index (χ2v) is 6.11. The molecule has 1 heterocycles. The molecule has 2 rings (SSSR count). The highest BCUT2D eigenvalue weighted by Crippen LogP contribution is 2.09. The van der Waals surface area contributed by atoms with Gasteiger partial charge in [0.15, 0.2) is 0 Å². The maximum Gasteiger partial charge on any atom is 0.234 e. The predicted octanol–water partition coefficient (Wildman–Crippen LogP) is 0.0738. The van der Waals surface area contributed by atoms with Gasteiger partial charge in [-0.25, -0.2) is 0 Å². The Labute approximate surface area is 148 Å². The molecule has 1 aliphatic heterocycles. The number of aliphatic hydroxyl groups excluding tert-OH is 1. The largest absolute Gasteiger partial charge is 0.491 e. The summed E-state index contributed by atoms with van der Waals surface area (Å²) in [5.41, 5.74) is 0. The summed E-state index contributed by atoms with van der Waals surface area (Å²) in [6.07, 6.45) is -0.205. The Morgan fingerprint density at radius 2 is 1.92 bits per heavy atom. The summed E-state index contributed by atoms with van der Waals surface area (Å²) in [5, 5.41) is 21.3. The van der Waals surface area contributed by atoms with Crippen molar-refractivity contribution in [2.75, 3.05) is 52.4 Å². The standard InChI is InChI=1S/C18H26N4O3/c19-7-4-8-20-18(24)14-22-11-9-21(10-12-22)13-16(23)15-25-17-5-2-1-3-6-17/h1-3,5-6,16,23H,4,8-15H2,(H,20,24)/t16-/m0/s1. The molecule has 1 aromatic carbocycles. The summed E-state index contributed by atoms with van der Waals surface area (Å²) in [6.45, 7) is 4.81. The van der Waals surface area contributed by atoms with Gasteiger partial charge in [-0.1, -0.05) is 18.2 Å². The van der Waals surface area contributed by atoms with E-state index in [2.05, 4.69) is 15.1 Å². The monoisotopic (exact) mass is 346 g/mol. The van der Waals surface area contributed by atoms with Crippen LogP contribution in [0.1, 0.15) is 6.42 Å². The van der Waals surface area contributed by atoms with E-state index >= 15 is 0 Å². The third-order valence-corrected chi connectivity index (χ3v) is 4.05. The first kappa shape index (κ1) is 19.2. The Balaban J connectivity index is 1.60. The van der Waals surface area contributed by atoms with Crippen molar-refractivity contribution in [1.29, 1.82) is 5.26 Å². The number of aliphatic hydroxyl groups is 1. The zero-order valence-electron chi connectivity index (χ0n) is 14.4. The number of carbonyl (C=O) groups is 1. The summed E-state index contributed by atoms with van der Waals surface area (Å²) < 4.78 is 5.57. The number of carbonyl (C=O) groups excluding carboxylic acids is 1. The number of para-hydroxylation sites is 1. The molecule has 1 atom stereocenters. The van der Waals surface area contributed by atoms with Crippen LogP contribution < -0.4 is 10.1 Å². The number of β-amino-alcohol motifs (C(OH)–C–C–N with tert-alkyl or cyclic N) is 1. The predicted molar refractivity (Wildman–Crippen MR) is 94.1 cm³/mol. The molecular weight excluding hydrogens is 320 g/mol. The summed E-state index contributed by atoms with van der Waals surface area (Å²) in [6, 6.07) is 11.5. The highest BCUT2D eigenvalue weighted by Gasteiger charge is 2.20. The van der Waals surface area contributed by atoms with Crippen molar-refractivity contribution < 1.29 is 14.6 Å². The van der Waals surface area contributed by atoms with Crippen LogP contribution in [0, 0.1) is 11.3 Å². The molecule has 1 saturated heterocycles. The minimum absolute atomic E-state index is 0.0417. The molecular formula is C18H26N4O3. The average molecular weight is 346 g/mol. The van der Waals surface area contributed by atoms with Gasteiger partial charge in [0, 0.05) is 39.3 Å². The van der Waals surface area contributed by atoms with Crippen molar-refractivity contribution in [2.24, 2.45) is 0 Å². The normalized spacial score (nSPS) is 16.8. The first-order chi connectivity index (χ1) is 12.2. The first-order valence-electron chi connectivity index (χ1n) is 8.61. The van der Waals surface area contributed by atoms with Gasteiger partial charge in [-0.3, -0.25) is 14.6 Å². The summed E-state index contributed by atoms with van der Waals surface area (Å²) in [5.74, 6) is 0.716. The number of amides is 1. The Bertz CT molecular complexity index is 553. The third-order valence-electron chi connectivity index (χ3n) is 4.05. The lowest BCUT2D eigenvalue weighted by atomic mass is 10.2. The lowest BCUT2D eigenvalue weighted by Crippen LogP contribution is -2.51. The summed E-state index contributed by atoms with van der Waals surface area (Å²) in [4.78, 5) is 16.0. The van der Waals surface area contributed by atoms with Crippen LogP contribution >= 0.6 is 0 Å². The van der Waals surface area contributed by atoms with Crippen molar-refractivity contribution in [1.82, 2.24) is 15.1 Å². The second-order valence-electron chi connectivity index (χ2n) is 6.11. The molecule has 0 unspecified atom stereocenters. The van der Waals surface area contributed by atoms with Gasteiger partial charge in [0.05, 0.1) is 19.0 Å². The van der Waals surface area contributed by atoms with E-state index < -0.39 is 6.10 Å². The van der Waals surface area contributed by atoms with Gasteiger partial charge >= 0.3 is 0 Å². The van der Waals surface area contributed by atoms with E-state index in [0.717, 1.165) is 31.9 Å². The van der Waals surface area contributed by atoms with Gasteiger partial charge in [0.25, 0.3) is 0 Å². The number of hydrogen-bond donors (Lipinski definition) is 2. The molecule has 0 radical (unpaired) electrons. The fraction of sp³-hybridized carbons (Fsp3) is 0.556. The molecule has 1 fully saturated rings. The third kappa shape index (κ3) is 7.52. The van der Waals surface area contributed by atoms with Crippen molar-refractivity contribution in [3.8, 4) is 11.8 Å². The minimum Gasteiger partial charge on any atom is -0.491 e. The van der Waals surface area contributed by atoms with Crippen LogP contribution in [0.3, 0.4) is 0 Å². The first-order valence-corrected chi connectivity index (χ1v) is 8.61. The lowest BCUT2D eigenvalue weighted by Gasteiger charge is -2.35. The molecule has 7 heteroatoms. The van der Waals surface area contributed by atoms with Crippen molar-refractivity contribution in [2.45, 2.75) is 12.5 Å². The Morgan fingerprint density at radius 3 is 2.60 bits per heavy atom. The molecule has 0 saturated carbocycles. The molecule has 7 nitrogen and oxygen atoms in total. The van der Waals surface area contributed by atoms with E-state index in [0.29, 0.717) is 26.1 Å². The zero-order valence-corrected chi connectivity index (χ0v) is 14.4. The van der Waals surface area contributed by atoms with Gasteiger partial charge in [-0.15, -0.1) is 0 Å². The number of nitrogens with one attached hydrogen (secondary N) is 1. The summed E-state index contributed by atoms with van der Waals surface area (Å²) in [7, 11) is 0. The van der Waals surface area contributed by atoms with E-state index in [-0.39, 0.29) is 12.5 Å². The number of nitrogens with zero attached hydrogens (tertiary/aromatic N) is 3. The van der Waals surface area contributed by atoms with Gasteiger partial charge in [0.2, 0.25) is 5.91 Å². The van der Waals surface area contributed by atoms with Crippen molar-refractivity contribution >= 4 is 5.91 Å². The van der Waals surface area contributed by atoms with Crippen LogP contribution in [0.25, 0.3) is 0 Å². The second kappa shape index (κ2) is 10.7. The molecule has 2 N–H and O–H groups in total. The molecule has 136 valence electrons. The van der Waals surface area contributed by atoms with Crippen LogP contribution in [-0.4, -0.2) is 79.3 Å². The van der Waals surface area contributed by atoms with E-state index in [1.54, 1.807) is 0 Å². The molecule has 1 aliphatic rings. The Hall–Kier alpha value is -2.14. The van der Waals surface area contributed by atoms with Gasteiger partial charge < -0.3 is 15.2 Å². The van der Waals surface area contributed by atoms with Crippen molar-refractivity contribution in [3.63, 3.8) is 0 Å². The Morgan fingerprint density at radius 1 is 1.24 bits per heavy atom. The van der Waals surface area contributed by atoms with Crippen LogP contribution in [-0.2, 0) is 4.79 Å². The molecule has 0 spiro atoms. The highest BCUT2D eigenvalue weighted by molar-refractivity contribution is 5.78. The maximum atomic E-state index is 11.7. The van der Waals surface area contributed by atoms with Crippen LogP contribution in [0.2, 0.25) is 0 Å². The van der Waals surface area contributed by atoms with Crippen LogP contribution in [0.5, 0.6) is 5.75 Å². The van der Waals surface area contributed by atoms with Crippen LogP contribution in [0.4, 0.5) is 0 Å². The van der Waals surface area contributed by atoms with Gasteiger partial charge in [-0.2, -0.15) is 5.26 Å². The Kier molecular flexibility index (Phi) is 8.19. The quantitative estimate of drug-likeness (QED) is 0.616. The molecule has 25 heavy (non-hydrogen) atoms. The number of ether oxygens (including phenoxy) is 1. The van der Waals surface area contributed by atoms with E-state index in [4.69, 9.17) is 10.00 Å². The molecule has 0 aromatic heterocycles. The van der Waals surface area contributed by atoms with E-state index in [1.807, 2.05) is 36.4 Å². The molecule has 0 bridgehead atoms. The number of benzene rings is 1. The van der Waals surface area contributed by atoms with Crippen LogP contribution in [0.15, 0.2) is 30.3 Å². The van der Waals surface area contributed by atoms with E-state index in [9.17, 15) is 9.90 Å². The van der Waals surface area contributed by atoms with Gasteiger partial charge in [0.1, 0.15) is 18.5 Å². The fourth-order valence-corrected chi connectivity index (χ4v) is 2.71. The molecule has 1 aromatic rings. The highest BCUT2D eigenvalue weighted by atomic mass is 16.5. The number of hydrogen-bond acceptors (Lipinski definition) is 6. The SMILES string of the molecule is N#CCCNC(=O)CN1CCN(C[C@H](O)COc2ccccc2)CC1. The maximum absolute atomic E-state index is 11.7. The smallest absolute Gasteiger partial charge is 0.234 e. The summed E-state index contributed by atoms with van der Waals surface area (Å²) >= 11 is 0. The molecule has 0 aliphatic carbocycles. The lowest BCUT2D eigenvalue weighted by molar-refractivity contribution is -0.122. The van der Waals surface area contributed by atoms with E-state index in [1.165, 1.54) is 0 Å².